The number of rotatable bonds is 6. The highest BCUT2D eigenvalue weighted by molar-refractivity contribution is 6.30. The van der Waals surface area contributed by atoms with Crippen LogP contribution in [0, 0.1) is 0 Å². The monoisotopic (exact) mass is 334 g/mol. The normalized spacial score (nSPS) is 11.6. The second-order valence-corrected chi connectivity index (χ2v) is 5.46. The van der Waals surface area contributed by atoms with E-state index in [2.05, 4.69) is 33.1 Å². The van der Waals surface area contributed by atoms with Crippen molar-refractivity contribution >= 4 is 34.8 Å². The minimum atomic E-state index is -0.323. The Morgan fingerprint density at radius 1 is 1.26 bits per heavy atom. The van der Waals surface area contributed by atoms with Crippen LogP contribution in [0.1, 0.15) is 30.6 Å². The number of carbonyl (C=O) groups excluding carboxylic acids is 1. The van der Waals surface area contributed by atoms with Crippen molar-refractivity contribution in [3.05, 3.63) is 41.2 Å². The summed E-state index contributed by atoms with van der Waals surface area (Å²) in [4.78, 5) is 20.2. The van der Waals surface area contributed by atoms with E-state index in [0.29, 0.717) is 27.9 Å². The number of nitrogens with zero attached hydrogens (tertiary/aromatic N) is 2. The number of hydrogen-bond acceptors (Lipinski definition) is 6. The van der Waals surface area contributed by atoms with E-state index >= 15 is 0 Å². The smallest absolute Gasteiger partial charge is 0.269 e. The zero-order valence-corrected chi connectivity index (χ0v) is 13.7. The van der Waals surface area contributed by atoms with Crippen molar-refractivity contribution in [1.29, 1.82) is 0 Å². The van der Waals surface area contributed by atoms with Crippen LogP contribution in [-0.4, -0.2) is 21.9 Å². The van der Waals surface area contributed by atoms with Gasteiger partial charge in [-0.05, 0) is 37.6 Å². The molecule has 1 heterocycles. The fourth-order valence-corrected chi connectivity index (χ4v) is 1.86. The molecule has 2 rings (SSSR count). The van der Waals surface area contributed by atoms with E-state index in [1.807, 2.05) is 6.92 Å². The summed E-state index contributed by atoms with van der Waals surface area (Å²) in [5.41, 5.74) is 12.1. The minimum absolute atomic E-state index is 0.226. The largest absolute Gasteiger partial charge is 0.393 e. The Hall–Kier alpha value is -2.54. The number of carbonyl (C=O) groups is 1. The number of nitrogens with one attached hydrogen (secondary N) is 3. The maximum atomic E-state index is 12.0. The SMILES string of the molecule is CCC(C)Nc1ncnc(NNC(=O)c2ccc(Cl)cc2)c1N. The van der Waals surface area contributed by atoms with E-state index in [-0.39, 0.29) is 11.9 Å². The lowest BCUT2D eigenvalue weighted by molar-refractivity contribution is 0.0962. The van der Waals surface area contributed by atoms with Gasteiger partial charge in [-0.2, -0.15) is 0 Å². The number of anilines is 3. The molecule has 122 valence electrons. The van der Waals surface area contributed by atoms with E-state index < -0.39 is 0 Å². The standard InChI is InChI=1S/C15H19ClN6O/c1-3-9(2)20-13-12(17)14(19-8-18-13)21-22-15(23)10-4-6-11(16)7-5-10/h4-9H,3,17H2,1-2H3,(H,22,23)(H2,18,19,20,21). The molecule has 0 aliphatic heterocycles. The predicted octanol–water partition coefficient (Wildman–Crippen LogP) is 2.68. The number of amides is 1. The van der Waals surface area contributed by atoms with Crippen LogP contribution >= 0.6 is 11.6 Å². The highest BCUT2D eigenvalue weighted by Gasteiger charge is 2.11. The third-order valence-electron chi connectivity index (χ3n) is 3.28. The average molecular weight is 335 g/mol. The van der Waals surface area contributed by atoms with Crippen molar-refractivity contribution in [3.63, 3.8) is 0 Å². The van der Waals surface area contributed by atoms with Gasteiger partial charge >= 0.3 is 0 Å². The number of halogens is 1. The van der Waals surface area contributed by atoms with Crippen molar-refractivity contribution in [2.75, 3.05) is 16.5 Å². The lowest BCUT2D eigenvalue weighted by Crippen LogP contribution is -2.30. The molecule has 7 nitrogen and oxygen atoms in total. The van der Waals surface area contributed by atoms with Gasteiger partial charge in [0.2, 0.25) is 0 Å². The Balaban J connectivity index is 2.04. The van der Waals surface area contributed by atoms with Gasteiger partial charge in [0.15, 0.2) is 11.6 Å². The summed E-state index contributed by atoms with van der Waals surface area (Å²) in [6.45, 7) is 4.08. The molecule has 1 unspecified atom stereocenters. The fourth-order valence-electron chi connectivity index (χ4n) is 1.74. The summed E-state index contributed by atoms with van der Waals surface area (Å²) in [6.07, 6.45) is 2.30. The number of benzene rings is 1. The van der Waals surface area contributed by atoms with Crippen molar-refractivity contribution in [3.8, 4) is 0 Å². The van der Waals surface area contributed by atoms with E-state index in [9.17, 15) is 4.79 Å². The van der Waals surface area contributed by atoms with Gasteiger partial charge in [0, 0.05) is 16.6 Å². The first-order chi connectivity index (χ1) is 11.0. The average Bonchev–Trinajstić information content (AvgIpc) is 2.55. The molecule has 1 aromatic carbocycles. The number of hydrogen-bond donors (Lipinski definition) is 4. The van der Waals surface area contributed by atoms with Crippen LogP contribution in [-0.2, 0) is 0 Å². The van der Waals surface area contributed by atoms with E-state index in [4.69, 9.17) is 17.3 Å². The number of nitrogens with two attached hydrogens (primary N) is 1. The Bertz CT molecular complexity index is 676. The van der Waals surface area contributed by atoms with Crippen LogP contribution in [0.25, 0.3) is 0 Å². The quantitative estimate of drug-likeness (QED) is 0.605. The fraction of sp³-hybridized carbons (Fsp3) is 0.267. The van der Waals surface area contributed by atoms with Crippen LogP contribution < -0.4 is 21.9 Å². The maximum absolute atomic E-state index is 12.0. The minimum Gasteiger partial charge on any atom is -0.393 e. The van der Waals surface area contributed by atoms with Gasteiger partial charge in [-0.3, -0.25) is 15.6 Å². The van der Waals surface area contributed by atoms with Gasteiger partial charge in [0.25, 0.3) is 5.91 Å². The van der Waals surface area contributed by atoms with Gasteiger partial charge in [0.1, 0.15) is 12.0 Å². The Kier molecular flexibility index (Phi) is 5.59. The molecule has 1 aromatic heterocycles. The molecule has 0 fully saturated rings. The van der Waals surface area contributed by atoms with Gasteiger partial charge in [-0.25, -0.2) is 9.97 Å². The van der Waals surface area contributed by atoms with Crippen molar-refractivity contribution in [1.82, 2.24) is 15.4 Å². The lowest BCUT2D eigenvalue weighted by Gasteiger charge is -2.16. The summed E-state index contributed by atoms with van der Waals surface area (Å²) in [5, 5.41) is 3.75. The Labute approximate surface area is 139 Å². The molecule has 8 heteroatoms. The molecule has 0 saturated carbocycles. The first-order valence-electron chi connectivity index (χ1n) is 7.20. The van der Waals surface area contributed by atoms with Crippen LogP contribution in [0.5, 0.6) is 0 Å². The molecule has 23 heavy (non-hydrogen) atoms. The first-order valence-corrected chi connectivity index (χ1v) is 7.58. The number of nitrogen functional groups attached to an aromatic ring is 1. The molecule has 1 amide bonds. The highest BCUT2D eigenvalue weighted by atomic mass is 35.5. The molecule has 0 aliphatic rings. The summed E-state index contributed by atoms with van der Waals surface area (Å²) < 4.78 is 0. The van der Waals surface area contributed by atoms with Crippen LogP contribution in [0.15, 0.2) is 30.6 Å². The van der Waals surface area contributed by atoms with Crippen molar-refractivity contribution in [2.24, 2.45) is 0 Å². The second-order valence-electron chi connectivity index (χ2n) is 5.02. The molecule has 0 bridgehead atoms. The summed E-state index contributed by atoms with van der Waals surface area (Å²) in [7, 11) is 0. The van der Waals surface area contributed by atoms with Gasteiger partial charge in [-0.1, -0.05) is 18.5 Å². The molecular formula is C15H19ClN6O. The molecule has 2 aromatic rings. The topological polar surface area (TPSA) is 105 Å². The summed E-state index contributed by atoms with van der Waals surface area (Å²) >= 11 is 5.79. The van der Waals surface area contributed by atoms with Crippen molar-refractivity contribution in [2.45, 2.75) is 26.3 Å². The second kappa shape index (κ2) is 7.64. The molecule has 0 aliphatic carbocycles. The summed E-state index contributed by atoms with van der Waals surface area (Å²) in [6, 6.07) is 6.76. The van der Waals surface area contributed by atoms with Crippen LogP contribution in [0.4, 0.5) is 17.3 Å². The van der Waals surface area contributed by atoms with Crippen molar-refractivity contribution < 1.29 is 4.79 Å². The first kappa shape index (κ1) is 16.8. The highest BCUT2D eigenvalue weighted by Crippen LogP contribution is 2.22. The zero-order valence-electron chi connectivity index (χ0n) is 12.9. The van der Waals surface area contributed by atoms with Gasteiger partial charge in [-0.15, -0.1) is 0 Å². The molecular weight excluding hydrogens is 316 g/mol. The van der Waals surface area contributed by atoms with E-state index in [1.54, 1.807) is 24.3 Å². The van der Waals surface area contributed by atoms with E-state index in [0.717, 1.165) is 6.42 Å². The van der Waals surface area contributed by atoms with Gasteiger partial charge in [0.05, 0.1) is 0 Å². The molecule has 0 radical (unpaired) electrons. The Morgan fingerprint density at radius 3 is 2.57 bits per heavy atom. The maximum Gasteiger partial charge on any atom is 0.269 e. The Morgan fingerprint density at radius 2 is 1.91 bits per heavy atom. The van der Waals surface area contributed by atoms with Crippen LogP contribution in [0.3, 0.4) is 0 Å². The number of hydrazine groups is 1. The molecule has 5 N–H and O–H groups in total. The zero-order chi connectivity index (χ0) is 16.8. The third-order valence-corrected chi connectivity index (χ3v) is 3.53. The summed E-state index contributed by atoms with van der Waals surface area (Å²) in [5.74, 6) is 0.529. The molecule has 1 atom stereocenters. The van der Waals surface area contributed by atoms with E-state index in [1.165, 1.54) is 6.33 Å². The molecule has 0 spiro atoms. The predicted molar refractivity (Wildman–Crippen MR) is 92.4 cm³/mol. The lowest BCUT2D eigenvalue weighted by atomic mass is 10.2. The number of aromatic nitrogens is 2. The molecule has 0 saturated heterocycles. The van der Waals surface area contributed by atoms with Gasteiger partial charge < -0.3 is 11.1 Å². The van der Waals surface area contributed by atoms with Crippen LogP contribution in [0.2, 0.25) is 5.02 Å². The third kappa shape index (κ3) is 4.46.